The van der Waals surface area contributed by atoms with Gasteiger partial charge in [0.1, 0.15) is 5.69 Å². The molecule has 0 aliphatic carbocycles. The molecule has 8 heteroatoms. The zero-order chi connectivity index (χ0) is 14.9. The maximum atomic E-state index is 11.7. The molecule has 1 aromatic carbocycles. The van der Waals surface area contributed by atoms with Gasteiger partial charge in [-0.15, -0.1) is 0 Å². The lowest BCUT2D eigenvalue weighted by Crippen LogP contribution is -2.29. The fourth-order valence-corrected chi connectivity index (χ4v) is 1.96. The molecule has 0 spiro atoms. The van der Waals surface area contributed by atoms with Gasteiger partial charge in [0, 0.05) is 19.8 Å². The van der Waals surface area contributed by atoms with E-state index in [0.717, 1.165) is 11.8 Å². The average molecular weight is 278 g/mol. The van der Waals surface area contributed by atoms with E-state index in [4.69, 9.17) is 4.74 Å². The Morgan fingerprint density at radius 1 is 1.30 bits per heavy atom. The molecule has 0 unspecified atom stereocenters. The second kappa shape index (κ2) is 5.08. The van der Waals surface area contributed by atoms with Gasteiger partial charge in [-0.25, -0.2) is 4.90 Å². The highest BCUT2D eigenvalue weighted by Crippen LogP contribution is 2.39. The molecule has 1 heterocycles. The summed E-state index contributed by atoms with van der Waals surface area (Å²) in [6.07, 6.45) is 0.0154. The smallest absolute Gasteiger partial charge is 0.335 e. The summed E-state index contributed by atoms with van der Waals surface area (Å²) < 4.78 is 4.75. The van der Waals surface area contributed by atoms with Crippen molar-refractivity contribution < 1.29 is 24.0 Å². The van der Waals surface area contributed by atoms with Crippen LogP contribution in [0, 0.1) is 10.1 Å². The van der Waals surface area contributed by atoms with Crippen molar-refractivity contribution in [2.24, 2.45) is 0 Å². The molecule has 2 rings (SSSR count). The highest BCUT2D eigenvalue weighted by atomic mass is 16.6. The van der Waals surface area contributed by atoms with Crippen LogP contribution in [0.5, 0.6) is 5.75 Å². The third-order valence-electron chi connectivity index (χ3n) is 2.71. The van der Waals surface area contributed by atoms with Crippen molar-refractivity contribution in [3.63, 3.8) is 0 Å². The minimum absolute atomic E-state index is 0.00772. The summed E-state index contributed by atoms with van der Waals surface area (Å²) in [4.78, 5) is 45.4. The van der Waals surface area contributed by atoms with Gasteiger partial charge in [-0.05, 0) is 12.1 Å². The Kier molecular flexibility index (Phi) is 3.47. The molecule has 1 aliphatic rings. The monoisotopic (exact) mass is 278 g/mol. The summed E-state index contributed by atoms with van der Waals surface area (Å²) in [5, 5.41) is 11.2. The Labute approximate surface area is 113 Å². The van der Waals surface area contributed by atoms with Gasteiger partial charge in [-0.3, -0.25) is 24.5 Å². The molecule has 104 valence electrons. The van der Waals surface area contributed by atoms with E-state index < -0.39 is 28.4 Å². The summed E-state index contributed by atoms with van der Waals surface area (Å²) >= 11 is 0. The Balaban J connectivity index is 2.58. The summed E-state index contributed by atoms with van der Waals surface area (Å²) in [7, 11) is 0. The lowest BCUT2D eigenvalue weighted by Gasteiger charge is -2.15. The van der Waals surface area contributed by atoms with Crippen LogP contribution in [0.15, 0.2) is 18.2 Å². The number of rotatable bonds is 3. The van der Waals surface area contributed by atoms with Crippen molar-refractivity contribution in [2.45, 2.75) is 19.8 Å². The van der Waals surface area contributed by atoms with Gasteiger partial charge in [0.15, 0.2) is 0 Å². The Morgan fingerprint density at radius 3 is 2.40 bits per heavy atom. The van der Waals surface area contributed by atoms with Crippen LogP contribution < -0.4 is 9.64 Å². The Morgan fingerprint density at radius 2 is 1.90 bits per heavy atom. The van der Waals surface area contributed by atoms with Crippen molar-refractivity contribution in [2.75, 3.05) is 4.90 Å². The van der Waals surface area contributed by atoms with Crippen molar-refractivity contribution in [3.8, 4) is 5.75 Å². The molecule has 1 aromatic rings. The first kappa shape index (κ1) is 13.7. The molecular weight excluding hydrogens is 268 g/mol. The quantitative estimate of drug-likeness (QED) is 0.270. The second-order valence-corrected chi connectivity index (χ2v) is 4.10. The number of carbonyl (C=O) groups is 3. The predicted molar refractivity (Wildman–Crippen MR) is 66.1 cm³/mol. The molecule has 1 fully saturated rings. The molecule has 0 N–H and O–H groups in total. The molecule has 1 saturated heterocycles. The number of anilines is 1. The number of hydrogen-bond donors (Lipinski definition) is 0. The number of imide groups is 1. The molecule has 0 atom stereocenters. The van der Waals surface area contributed by atoms with Gasteiger partial charge in [-0.2, -0.15) is 0 Å². The van der Waals surface area contributed by atoms with E-state index in [1.165, 1.54) is 18.2 Å². The van der Waals surface area contributed by atoms with Crippen molar-refractivity contribution in [1.29, 1.82) is 0 Å². The number of hydrogen-bond acceptors (Lipinski definition) is 6. The lowest BCUT2D eigenvalue weighted by molar-refractivity contribution is -0.384. The number of esters is 1. The van der Waals surface area contributed by atoms with Crippen LogP contribution in [-0.4, -0.2) is 22.7 Å². The molecule has 20 heavy (non-hydrogen) atoms. The summed E-state index contributed by atoms with van der Waals surface area (Å²) in [6.45, 7) is 1.10. The van der Waals surface area contributed by atoms with Gasteiger partial charge in [0.05, 0.1) is 4.92 Å². The lowest BCUT2D eigenvalue weighted by atomic mass is 10.2. The van der Waals surface area contributed by atoms with Crippen molar-refractivity contribution in [3.05, 3.63) is 28.3 Å². The van der Waals surface area contributed by atoms with E-state index in [0.29, 0.717) is 0 Å². The predicted octanol–water partition coefficient (Wildman–Crippen LogP) is 1.17. The van der Waals surface area contributed by atoms with Crippen molar-refractivity contribution in [1.82, 2.24) is 0 Å². The van der Waals surface area contributed by atoms with Crippen molar-refractivity contribution >= 4 is 29.2 Å². The van der Waals surface area contributed by atoms with Crippen LogP contribution >= 0.6 is 0 Å². The van der Waals surface area contributed by atoms with E-state index in [9.17, 15) is 24.5 Å². The number of nitro groups is 1. The van der Waals surface area contributed by atoms with E-state index in [1.54, 1.807) is 0 Å². The Bertz CT molecular complexity index is 608. The van der Waals surface area contributed by atoms with Crippen LogP contribution in [0.3, 0.4) is 0 Å². The third kappa shape index (κ3) is 2.35. The fourth-order valence-electron chi connectivity index (χ4n) is 1.96. The van der Waals surface area contributed by atoms with Crippen LogP contribution in [0.4, 0.5) is 11.4 Å². The largest absolute Gasteiger partial charge is 0.419 e. The molecule has 1 aliphatic heterocycles. The topological polar surface area (TPSA) is 107 Å². The minimum atomic E-state index is -0.785. The Hall–Kier alpha value is -2.77. The van der Waals surface area contributed by atoms with Gasteiger partial charge in [-0.1, -0.05) is 6.07 Å². The molecule has 0 saturated carbocycles. The fraction of sp³-hybridized carbons (Fsp3) is 0.250. The standard InChI is InChI=1S/C12H10N2O6/c1-7(15)20-9-4-2-3-8(12(9)14(18)19)13-10(16)5-6-11(13)17/h2-4H,5-6H2,1H3. The number of nitro benzene ring substituents is 1. The molecule has 0 bridgehead atoms. The van der Waals surface area contributed by atoms with Crippen LogP contribution in [0.1, 0.15) is 19.8 Å². The van der Waals surface area contributed by atoms with E-state index in [1.807, 2.05) is 0 Å². The average Bonchev–Trinajstić information content (AvgIpc) is 2.67. The van der Waals surface area contributed by atoms with Gasteiger partial charge in [0.25, 0.3) is 0 Å². The number of benzene rings is 1. The van der Waals surface area contributed by atoms with Gasteiger partial charge < -0.3 is 4.74 Å². The molecule has 2 amide bonds. The minimum Gasteiger partial charge on any atom is -0.419 e. The highest BCUT2D eigenvalue weighted by Gasteiger charge is 2.36. The number of ether oxygens (including phenoxy) is 1. The van der Waals surface area contributed by atoms with Gasteiger partial charge in [0.2, 0.25) is 17.6 Å². The first-order valence-corrected chi connectivity index (χ1v) is 5.73. The number of amides is 2. The number of carbonyl (C=O) groups excluding carboxylic acids is 3. The number of nitrogens with zero attached hydrogens (tertiary/aromatic N) is 2. The summed E-state index contributed by atoms with van der Waals surface area (Å²) in [6, 6.07) is 3.87. The molecule has 0 aromatic heterocycles. The summed E-state index contributed by atoms with van der Waals surface area (Å²) in [5.74, 6) is -2.06. The van der Waals surface area contributed by atoms with E-state index >= 15 is 0 Å². The van der Waals surface area contributed by atoms with E-state index in [-0.39, 0.29) is 24.3 Å². The summed E-state index contributed by atoms with van der Waals surface area (Å²) in [5.41, 5.74) is -0.757. The van der Waals surface area contributed by atoms with Crippen LogP contribution in [-0.2, 0) is 14.4 Å². The second-order valence-electron chi connectivity index (χ2n) is 4.10. The molecule has 0 radical (unpaired) electrons. The molecular formula is C12H10N2O6. The van der Waals surface area contributed by atoms with Gasteiger partial charge >= 0.3 is 11.7 Å². The zero-order valence-electron chi connectivity index (χ0n) is 10.5. The normalized spacial score (nSPS) is 14.6. The first-order valence-electron chi connectivity index (χ1n) is 5.73. The third-order valence-corrected chi connectivity index (χ3v) is 2.71. The highest BCUT2D eigenvalue weighted by molar-refractivity contribution is 6.21. The molecule has 8 nitrogen and oxygen atoms in total. The van der Waals surface area contributed by atoms with Crippen LogP contribution in [0.25, 0.3) is 0 Å². The SMILES string of the molecule is CC(=O)Oc1cccc(N2C(=O)CCC2=O)c1[N+](=O)[O-]. The number of para-hydroxylation sites is 1. The maximum absolute atomic E-state index is 11.7. The first-order chi connectivity index (χ1) is 9.41. The van der Waals surface area contributed by atoms with Crippen LogP contribution in [0.2, 0.25) is 0 Å². The maximum Gasteiger partial charge on any atom is 0.335 e. The van der Waals surface area contributed by atoms with E-state index in [2.05, 4.69) is 0 Å². The zero-order valence-corrected chi connectivity index (χ0v) is 10.5.